The summed E-state index contributed by atoms with van der Waals surface area (Å²) in [6, 6.07) is 0. The lowest BCUT2D eigenvalue weighted by molar-refractivity contribution is 0.172. The molecule has 0 amide bonds. The summed E-state index contributed by atoms with van der Waals surface area (Å²) in [4.78, 5) is 0. The van der Waals surface area contributed by atoms with Gasteiger partial charge in [0.1, 0.15) is 6.54 Å². The maximum atomic E-state index is 5.31. The summed E-state index contributed by atoms with van der Waals surface area (Å²) < 4.78 is 6.85. The highest BCUT2D eigenvalue weighted by atomic mass is 16.5. The first-order valence-corrected chi connectivity index (χ1v) is 4.10. The van der Waals surface area contributed by atoms with Crippen molar-refractivity contribution in [2.75, 3.05) is 0 Å². The maximum absolute atomic E-state index is 5.31. The molecule has 0 saturated heterocycles. The first-order chi connectivity index (χ1) is 6.92. The van der Waals surface area contributed by atoms with E-state index in [-0.39, 0.29) is 6.10 Å². The minimum Gasteiger partial charge on any atom is -0.486 e. The summed E-state index contributed by atoms with van der Waals surface area (Å²) in [6.45, 7) is 0.347. The predicted octanol–water partition coefficient (Wildman–Crippen LogP) is 0.447. The van der Waals surface area contributed by atoms with E-state index in [0.717, 1.165) is 0 Å². The lowest BCUT2D eigenvalue weighted by Crippen LogP contribution is -2.10. The molecule has 1 aliphatic heterocycles. The average Bonchev–Trinajstić information content (AvgIpc) is 2.68. The average molecular weight is 188 g/mol. The quantitative estimate of drug-likeness (QED) is 0.632. The summed E-state index contributed by atoms with van der Waals surface area (Å²) in [5.74, 6) is 3.09. The van der Waals surface area contributed by atoms with Gasteiger partial charge in [0, 0.05) is 0 Å². The second-order valence-corrected chi connectivity index (χ2v) is 2.67. The SMILES string of the molecule is C#CCn1nnnc1C1C=CC=CO1. The normalized spacial score (nSPS) is 18.9. The molecule has 1 unspecified atom stereocenters. The van der Waals surface area contributed by atoms with Gasteiger partial charge < -0.3 is 4.74 Å². The smallest absolute Gasteiger partial charge is 0.197 e. The zero-order chi connectivity index (χ0) is 9.80. The molecule has 2 rings (SSSR count). The van der Waals surface area contributed by atoms with Crippen molar-refractivity contribution < 1.29 is 4.74 Å². The Morgan fingerprint density at radius 3 is 3.21 bits per heavy atom. The largest absolute Gasteiger partial charge is 0.486 e. The summed E-state index contributed by atoms with van der Waals surface area (Å²) in [5.41, 5.74) is 0. The Labute approximate surface area is 81.1 Å². The third kappa shape index (κ3) is 1.50. The monoisotopic (exact) mass is 188 g/mol. The Kier molecular flexibility index (Phi) is 2.28. The second-order valence-electron chi connectivity index (χ2n) is 2.67. The Morgan fingerprint density at radius 1 is 1.57 bits per heavy atom. The maximum Gasteiger partial charge on any atom is 0.197 e. The van der Waals surface area contributed by atoms with Gasteiger partial charge in [-0.25, -0.2) is 4.68 Å². The van der Waals surface area contributed by atoms with Crippen LogP contribution < -0.4 is 0 Å². The molecular formula is C9H8N4O. The van der Waals surface area contributed by atoms with E-state index in [1.807, 2.05) is 12.2 Å². The van der Waals surface area contributed by atoms with Gasteiger partial charge in [-0.15, -0.1) is 11.5 Å². The summed E-state index contributed by atoms with van der Waals surface area (Å²) in [5, 5.41) is 11.2. The second kappa shape index (κ2) is 3.75. The fraction of sp³-hybridized carbons (Fsp3) is 0.222. The zero-order valence-electron chi connectivity index (χ0n) is 7.37. The van der Waals surface area contributed by atoms with Crippen LogP contribution in [0.25, 0.3) is 0 Å². The summed E-state index contributed by atoms with van der Waals surface area (Å²) in [6.07, 6.45) is 12.1. The van der Waals surface area contributed by atoms with Crippen LogP contribution in [0.3, 0.4) is 0 Å². The van der Waals surface area contributed by atoms with E-state index in [4.69, 9.17) is 11.2 Å². The molecule has 0 saturated carbocycles. The molecule has 0 spiro atoms. The van der Waals surface area contributed by atoms with Crippen LogP contribution in [-0.4, -0.2) is 20.2 Å². The molecular weight excluding hydrogens is 180 g/mol. The number of hydrogen-bond donors (Lipinski definition) is 0. The van der Waals surface area contributed by atoms with E-state index in [2.05, 4.69) is 21.4 Å². The first-order valence-electron chi connectivity index (χ1n) is 4.10. The number of terminal acetylenes is 1. The molecule has 5 heteroatoms. The number of allylic oxidation sites excluding steroid dienone is 2. The number of ether oxygens (including phenoxy) is 1. The van der Waals surface area contributed by atoms with E-state index in [9.17, 15) is 0 Å². The lowest BCUT2D eigenvalue weighted by atomic mass is 10.2. The highest BCUT2D eigenvalue weighted by Gasteiger charge is 2.17. The molecule has 1 atom stereocenters. The van der Waals surface area contributed by atoms with Crippen molar-refractivity contribution in [2.24, 2.45) is 0 Å². The fourth-order valence-corrected chi connectivity index (χ4v) is 1.15. The zero-order valence-corrected chi connectivity index (χ0v) is 7.37. The molecule has 0 aromatic carbocycles. The fourth-order valence-electron chi connectivity index (χ4n) is 1.15. The Bertz CT molecular complexity index is 413. The molecule has 0 bridgehead atoms. The molecule has 70 valence electrons. The van der Waals surface area contributed by atoms with E-state index >= 15 is 0 Å². The van der Waals surface area contributed by atoms with Crippen LogP contribution in [0.15, 0.2) is 24.5 Å². The highest BCUT2D eigenvalue weighted by Crippen LogP contribution is 2.18. The van der Waals surface area contributed by atoms with E-state index < -0.39 is 0 Å². The van der Waals surface area contributed by atoms with Crippen molar-refractivity contribution >= 4 is 0 Å². The van der Waals surface area contributed by atoms with Crippen molar-refractivity contribution in [3.63, 3.8) is 0 Å². The number of aromatic nitrogens is 4. The molecule has 0 fully saturated rings. The molecule has 0 radical (unpaired) electrons. The third-order valence-electron chi connectivity index (χ3n) is 1.76. The van der Waals surface area contributed by atoms with E-state index in [1.54, 1.807) is 12.3 Å². The van der Waals surface area contributed by atoms with E-state index in [1.165, 1.54) is 4.68 Å². The van der Waals surface area contributed by atoms with Crippen LogP contribution in [0.4, 0.5) is 0 Å². The minimum absolute atomic E-state index is 0.247. The van der Waals surface area contributed by atoms with Gasteiger partial charge in [-0.3, -0.25) is 0 Å². The van der Waals surface area contributed by atoms with E-state index in [0.29, 0.717) is 12.4 Å². The summed E-state index contributed by atoms with van der Waals surface area (Å²) >= 11 is 0. The predicted molar refractivity (Wildman–Crippen MR) is 48.8 cm³/mol. The van der Waals surface area contributed by atoms with Crippen LogP contribution in [0, 0.1) is 12.3 Å². The van der Waals surface area contributed by atoms with Crippen LogP contribution in [0.5, 0.6) is 0 Å². The van der Waals surface area contributed by atoms with Crippen LogP contribution >= 0.6 is 0 Å². The topological polar surface area (TPSA) is 52.8 Å². The van der Waals surface area contributed by atoms with Gasteiger partial charge in [-0.05, 0) is 22.6 Å². The molecule has 5 nitrogen and oxygen atoms in total. The van der Waals surface area contributed by atoms with Crippen LogP contribution in [-0.2, 0) is 11.3 Å². The highest BCUT2D eigenvalue weighted by molar-refractivity contribution is 5.12. The van der Waals surface area contributed by atoms with Gasteiger partial charge in [-0.2, -0.15) is 0 Å². The number of tetrazole rings is 1. The molecule has 0 N–H and O–H groups in total. The van der Waals surface area contributed by atoms with Crippen molar-refractivity contribution in [2.45, 2.75) is 12.6 Å². The molecule has 1 aliphatic rings. The van der Waals surface area contributed by atoms with Crippen molar-refractivity contribution in [1.29, 1.82) is 0 Å². The van der Waals surface area contributed by atoms with Gasteiger partial charge in [0.05, 0.1) is 6.26 Å². The van der Waals surface area contributed by atoms with Gasteiger partial charge in [0.25, 0.3) is 0 Å². The molecule has 1 aromatic heterocycles. The van der Waals surface area contributed by atoms with Crippen LogP contribution in [0.1, 0.15) is 11.9 Å². The van der Waals surface area contributed by atoms with Gasteiger partial charge in [0.2, 0.25) is 0 Å². The van der Waals surface area contributed by atoms with Crippen molar-refractivity contribution in [3.05, 3.63) is 30.3 Å². The van der Waals surface area contributed by atoms with Crippen LogP contribution in [0.2, 0.25) is 0 Å². The molecule has 0 aliphatic carbocycles. The minimum atomic E-state index is -0.247. The Morgan fingerprint density at radius 2 is 2.50 bits per heavy atom. The van der Waals surface area contributed by atoms with Gasteiger partial charge in [-0.1, -0.05) is 12.0 Å². The molecule has 1 aromatic rings. The third-order valence-corrected chi connectivity index (χ3v) is 1.76. The lowest BCUT2D eigenvalue weighted by Gasteiger charge is -2.13. The first kappa shape index (κ1) is 8.51. The van der Waals surface area contributed by atoms with Gasteiger partial charge >= 0.3 is 0 Å². The Hall–Kier alpha value is -2.09. The molecule has 14 heavy (non-hydrogen) atoms. The molecule has 2 heterocycles. The number of rotatable bonds is 2. The number of nitrogens with zero attached hydrogens (tertiary/aromatic N) is 4. The Balaban J connectivity index is 2.23. The van der Waals surface area contributed by atoms with Crippen molar-refractivity contribution in [3.8, 4) is 12.3 Å². The van der Waals surface area contributed by atoms with Crippen molar-refractivity contribution in [1.82, 2.24) is 20.2 Å². The summed E-state index contributed by atoms with van der Waals surface area (Å²) in [7, 11) is 0. The standard InChI is InChI=1S/C9H8N4O/c1-2-6-13-9(10-11-12-13)8-5-3-4-7-14-8/h1,3-5,7-8H,6H2. The number of hydrogen-bond acceptors (Lipinski definition) is 4. The van der Waals surface area contributed by atoms with Gasteiger partial charge in [0.15, 0.2) is 11.9 Å².